The van der Waals surface area contributed by atoms with E-state index < -0.39 is 155 Å². The number of carbonyl (C=O) groups excluding carboxylic acids is 12. The van der Waals surface area contributed by atoms with Crippen LogP contribution in [0.1, 0.15) is 221 Å². The van der Waals surface area contributed by atoms with Crippen molar-refractivity contribution in [2.24, 2.45) is 41.4 Å². The molecule has 0 saturated carbocycles. The number of nitrogens with one attached hydrogen (secondary N) is 5. The first-order valence-electron chi connectivity index (χ1n) is 35.9. The molecule has 558 valence electrons. The Balaban J connectivity index is 4.16. The Morgan fingerprint density at radius 2 is 0.907 bits per heavy atom. The fraction of sp³-hybridized carbons (Fsp3) is 0.833. The van der Waals surface area contributed by atoms with Crippen LogP contribution in [0.5, 0.6) is 0 Å². The van der Waals surface area contributed by atoms with Crippen molar-refractivity contribution >= 4 is 71.1 Å². The van der Waals surface area contributed by atoms with Crippen LogP contribution in [-0.2, 0) is 57.5 Å². The van der Waals surface area contributed by atoms with E-state index in [1.54, 1.807) is 34.6 Å². The van der Waals surface area contributed by atoms with E-state index in [1.807, 2.05) is 83.1 Å². The van der Waals surface area contributed by atoms with Gasteiger partial charge >= 0.3 is 6.09 Å². The highest BCUT2D eigenvalue weighted by atomic mass is 16.6. The minimum atomic E-state index is -1.22. The second kappa shape index (κ2) is 41.8. The first kappa shape index (κ1) is 88.5. The zero-order valence-electron chi connectivity index (χ0n) is 64.6. The number of rotatable bonds is 23. The summed E-state index contributed by atoms with van der Waals surface area (Å²) < 4.78 is 5.34. The predicted molar refractivity (Wildman–Crippen MR) is 379 cm³/mol. The maximum absolute atomic E-state index is 15.4. The molecule has 0 unspecified atom stereocenters. The molecule has 25 nitrogen and oxygen atoms in total. The smallest absolute Gasteiger partial charge is 0.407 e. The van der Waals surface area contributed by atoms with Gasteiger partial charge in [-0.2, -0.15) is 0 Å². The lowest BCUT2D eigenvalue weighted by Crippen LogP contribution is -2.61. The summed E-state index contributed by atoms with van der Waals surface area (Å²) in [4.78, 5) is 183. The largest absolute Gasteiger partial charge is 0.444 e. The molecule has 0 aromatic heterocycles. The van der Waals surface area contributed by atoms with Crippen molar-refractivity contribution in [2.75, 3.05) is 62.4 Å². The van der Waals surface area contributed by atoms with Gasteiger partial charge in [0.05, 0.1) is 6.54 Å². The fourth-order valence-electron chi connectivity index (χ4n) is 12.2. The lowest BCUT2D eigenvalue weighted by molar-refractivity contribution is -0.156. The molecule has 25 heteroatoms. The van der Waals surface area contributed by atoms with Crippen LogP contribution >= 0.6 is 0 Å². The molecule has 0 aromatic rings. The Bertz CT molecular complexity index is 2590. The summed E-state index contributed by atoms with van der Waals surface area (Å²) in [6.45, 7) is 34.4. The molecular weight excluding hydrogens is 1240 g/mol. The minimum Gasteiger partial charge on any atom is -0.444 e. The Kier molecular flexibility index (Phi) is 38.1. The summed E-state index contributed by atoms with van der Waals surface area (Å²) in [5.41, 5.74) is -0.585. The average molecular weight is 1370 g/mol. The zero-order chi connectivity index (χ0) is 74.8. The molecule has 5 N–H and O–H groups in total. The Hall–Kier alpha value is -6.56. The van der Waals surface area contributed by atoms with Crippen molar-refractivity contribution in [1.82, 2.24) is 60.9 Å². The molecule has 1 aliphatic heterocycles. The maximum Gasteiger partial charge on any atom is 0.407 e. The average Bonchev–Trinajstić information content (AvgIpc) is 0.812. The molecule has 12 amide bonds. The van der Waals surface area contributed by atoms with Crippen LogP contribution in [0.15, 0.2) is 0 Å². The van der Waals surface area contributed by atoms with E-state index in [9.17, 15) is 38.4 Å². The van der Waals surface area contributed by atoms with Crippen LogP contribution in [0.2, 0.25) is 0 Å². The molecule has 11 atom stereocenters. The zero-order valence-corrected chi connectivity index (χ0v) is 64.6. The second-order valence-corrected chi connectivity index (χ2v) is 30.9. The fourth-order valence-corrected chi connectivity index (χ4v) is 12.2. The van der Waals surface area contributed by atoms with Crippen LogP contribution in [-0.4, -0.2) is 234 Å². The van der Waals surface area contributed by atoms with Crippen molar-refractivity contribution in [2.45, 2.75) is 287 Å². The van der Waals surface area contributed by atoms with Crippen molar-refractivity contribution in [3.05, 3.63) is 0 Å². The molecule has 97 heavy (non-hydrogen) atoms. The summed E-state index contributed by atoms with van der Waals surface area (Å²) in [7, 11) is 10.3. The van der Waals surface area contributed by atoms with E-state index in [0.717, 1.165) is 38.5 Å². The van der Waals surface area contributed by atoms with Crippen LogP contribution < -0.4 is 26.6 Å². The quantitative estimate of drug-likeness (QED) is 0.0646. The summed E-state index contributed by atoms with van der Waals surface area (Å²) >= 11 is 0. The number of nitrogens with zero attached hydrogens (tertiary/aromatic N) is 7. The van der Waals surface area contributed by atoms with Gasteiger partial charge in [-0.25, -0.2) is 4.79 Å². The van der Waals surface area contributed by atoms with E-state index in [2.05, 4.69) is 26.6 Å². The predicted octanol–water partition coefficient (Wildman–Crippen LogP) is 6.98. The Labute approximate surface area is 583 Å². The van der Waals surface area contributed by atoms with E-state index in [0.29, 0.717) is 19.4 Å². The lowest BCUT2D eigenvalue weighted by Gasteiger charge is -2.41. The number of hydrogen-bond acceptors (Lipinski definition) is 13. The van der Waals surface area contributed by atoms with Crippen LogP contribution in [0.25, 0.3) is 0 Å². The highest BCUT2D eigenvalue weighted by Gasteiger charge is 2.44. The third-order valence-corrected chi connectivity index (χ3v) is 18.3. The minimum absolute atomic E-state index is 0.0950. The van der Waals surface area contributed by atoms with Gasteiger partial charge in [-0.05, 0) is 127 Å². The van der Waals surface area contributed by atoms with E-state index in [1.165, 1.54) is 97.5 Å². The van der Waals surface area contributed by atoms with Gasteiger partial charge in [-0.1, -0.05) is 135 Å². The normalized spacial score (nSPS) is 24.7. The van der Waals surface area contributed by atoms with Gasteiger partial charge in [0.1, 0.15) is 66.0 Å². The maximum atomic E-state index is 15.4. The SMILES string of the molecule is CC[C@H]1NC(=O)[C@@H](C[C@H](C)CCCCCCCCNC(=O)OC(C)(C)C)N(C)C(=O)[C@@H](C(C)C)N(C)C(=O)[C@@H](CC(C)C)N(C)C(=O)[C@H](CC(C)C)N(C)C(=O)[C@H](C)NC(=O)[C@@H](C)NC(=O)[C@@H](CCC(C)C)N(C)C(=O)[C@@H](C(C)C)NC(=O)[C@H](CC(C)C)N(C)C(=O)CN(C)C1=O. The van der Waals surface area contributed by atoms with Gasteiger partial charge in [0.2, 0.25) is 65.0 Å². The van der Waals surface area contributed by atoms with Gasteiger partial charge in [0, 0.05) is 55.9 Å². The third kappa shape index (κ3) is 29.0. The number of unbranched alkanes of at least 4 members (excludes halogenated alkanes) is 5. The molecule has 0 spiro atoms. The number of hydrogen-bond donors (Lipinski definition) is 5. The molecule has 1 fully saturated rings. The Morgan fingerprint density at radius 1 is 0.464 bits per heavy atom. The van der Waals surface area contributed by atoms with Crippen molar-refractivity contribution in [3.8, 4) is 0 Å². The molecule has 1 heterocycles. The van der Waals surface area contributed by atoms with E-state index in [-0.39, 0.29) is 68.1 Å². The van der Waals surface area contributed by atoms with Crippen LogP contribution in [0.3, 0.4) is 0 Å². The molecule has 0 radical (unpaired) electrons. The van der Waals surface area contributed by atoms with Gasteiger partial charge in [0.15, 0.2) is 0 Å². The van der Waals surface area contributed by atoms with E-state index >= 15 is 19.2 Å². The number of amides is 12. The summed E-state index contributed by atoms with van der Waals surface area (Å²) in [5, 5.41) is 14.1. The number of likely N-dealkylation sites (N-methyl/N-ethyl adjacent to an activating group) is 7. The summed E-state index contributed by atoms with van der Waals surface area (Å²) in [6.07, 6.45) is 7.07. The lowest BCUT2D eigenvalue weighted by atomic mass is 9.92. The molecule has 0 aromatic carbocycles. The molecule has 1 saturated heterocycles. The van der Waals surface area contributed by atoms with Gasteiger partial charge < -0.3 is 65.6 Å². The van der Waals surface area contributed by atoms with Crippen LogP contribution in [0.4, 0.5) is 4.79 Å². The first-order chi connectivity index (χ1) is 44.8. The molecule has 1 aliphatic rings. The standard InChI is InChI=1S/C72H132N12O13/c1-27-52-66(91)78(20)42-58(85)79(21)54(38-44(4)5)64(89)77-59(47(10)11)69(94)80(22)53(36-35-43(2)3)62(87)74-50(15)61(86)75-51(16)65(90)82(24)56(39-45(6)7)67(92)83(25)57(40-46(8)9)68(93)84(26)60(48(12)13)70(95)81(23)55(63(88)76-52)41-49(14)34-32-30-28-29-31-33-37-73-71(96)97-72(17,18)19/h43-57,59-60H,27-42H2,1-26H3,(H,73,96)(H,74,87)(H,75,86)(H,76,88)(H,77,89)/t49-,50-,51+,52-,53-,54+,55-,56+,57-,59-,60-/m1/s1. The van der Waals surface area contributed by atoms with Gasteiger partial charge in [0.25, 0.3) is 0 Å². The van der Waals surface area contributed by atoms with Crippen molar-refractivity contribution in [3.63, 3.8) is 0 Å². The molecule has 1 rings (SSSR count). The highest BCUT2D eigenvalue weighted by Crippen LogP contribution is 2.26. The number of carbonyl (C=O) groups is 12. The third-order valence-electron chi connectivity index (χ3n) is 18.3. The highest BCUT2D eigenvalue weighted by molar-refractivity contribution is 5.99. The monoisotopic (exact) mass is 1370 g/mol. The van der Waals surface area contributed by atoms with Crippen molar-refractivity contribution < 1.29 is 62.3 Å². The van der Waals surface area contributed by atoms with Crippen LogP contribution in [0, 0.1) is 41.4 Å². The molecule has 0 aliphatic carbocycles. The molecular formula is C72H132N12O13. The Morgan fingerprint density at radius 3 is 1.40 bits per heavy atom. The summed E-state index contributed by atoms with van der Waals surface area (Å²) in [6, 6.07) is -11.6. The van der Waals surface area contributed by atoms with E-state index in [4.69, 9.17) is 4.74 Å². The second-order valence-electron chi connectivity index (χ2n) is 30.9. The number of ether oxygens (including phenoxy) is 1. The first-order valence-corrected chi connectivity index (χ1v) is 35.9. The summed E-state index contributed by atoms with van der Waals surface area (Å²) in [5.74, 6) is -8.18. The molecule has 0 bridgehead atoms. The van der Waals surface area contributed by atoms with Crippen molar-refractivity contribution in [1.29, 1.82) is 0 Å². The topological polar surface area (TPSA) is 297 Å². The van der Waals surface area contributed by atoms with Gasteiger partial charge in [-0.15, -0.1) is 0 Å². The number of alkyl carbamates (subject to hydrolysis) is 1. The van der Waals surface area contributed by atoms with Gasteiger partial charge in [-0.3, -0.25) is 52.7 Å².